The lowest BCUT2D eigenvalue weighted by Gasteiger charge is -2.23. The van der Waals surface area contributed by atoms with E-state index in [0.717, 1.165) is 11.3 Å². The molecule has 5 nitrogen and oxygen atoms in total. The number of anilines is 1. The van der Waals surface area contributed by atoms with E-state index in [1.165, 1.54) is 4.31 Å². The quantitative estimate of drug-likeness (QED) is 0.839. The third kappa shape index (κ3) is 1.96. The van der Waals surface area contributed by atoms with Gasteiger partial charge in [0.2, 0.25) is 15.9 Å². The van der Waals surface area contributed by atoms with Gasteiger partial charge < -0.3 is 4.90 Å². The number of likely N-dealkylation sites (N-methyl/N-ethyl adjacent to an activating group) is 1. The fourth-order valence-electron chi connectivity index (χ4n) is 3.83. The maximum atomic E-state index is 12.9. The summed E-state index contributed by atoms with van der Waals surface area (Å²) >= 11 is 0. The molecule has 1 amide bonds. The maximum absolute atomic E-state index is 12.9. The van der Waals surface area contributed by atoms with Gasteiger partial charge in [-0.25, -0.2) is 8.42 Å². The molecule has 4 rings (SSSR count). The van der Waals surface area contributed by atoms with Crippen LogP contribution in [-0.4, -0.2) is 38.8 Å². The van der Waals surface area contributed by atoms with Crippen LogP contribution in [0.4, 0.5) is 5.69 Å². The summed E-state index contributed by atoms with van der Waals surface area (Å²) in [6.45, 7) is 0.551. The van der Waals surface area contributed by atoms with Gasteiger partial charge in [0.25, 0.3) is 0 Å². The molecule has 1 fully saturated rings. The summed E-state index contributed by atoms with van der Waals surface area (Å²) in [4.78, 5) is 14.8. The number of rotatable bonds is 2. The van der Waals surface area contributed by atoms with Gasteiger partial charge in [-0.1, -0.05) is 36.4 Å². The molecule has 0 N–H and O–H groups in total. The molecule has 1 saturated heterocycles. The number of fused-ring (bicyclic) bond motifs is 2. The summed E-state index contributed by atoms with van der Waals surface area (Å²) in [5.41, 5.74) is 1.05. The van der Waals surface area contributed by atoms with E-state index < -0.39 is 15.4 Å². The van der Waals surface area contributed by atoms with E-state index in [-0.39, 0.29) is 17.3 Å². The average Bonchev–Trinajstić information content (AvgIpc) is 3.15. The van der Waals surface area contributed by atoms with Crippen LogP contribution < -0.4 is 4.90 Å². The number of carbonyl (C=O) groups excluding carboxylic acids is 1. The molecule has 1 spiro atoms. The first-order valence-corrected chi connectivity index (χ1v) is 9.34. The van der Waals surface area contributed by atoms with E-state index in [1.54, 1.807) is 42.3 Å². The third-order valence-corrected chi connectivity index (χ3v) is 6.97. The van der Waals surface area contributed by atoms with Crippen molar-refractivity contribution in [1.82, 2.24) is 4.31 Å². The van der Waals surface area contributed by atoms with Crippen LogP contribution in [0.25, 0.3) is 0 Å². The molecule has 1 atom stereocenters. The number of carbonyl (C=O) groups is 1. The molecule has 0 aliphatic carbocycles. The second-order valence-electron chi connectivity index (χ2n) is 6.37. The SMILES string of the molecule is CN1C(=O)[C@@]2(CCN(S(=O)(=O)c3ccccc3)C2)c2ccccc21. The van der Waals surface area contributed by atoms with Crippen LogP contribution in [0.5, 0.6) is 0 Å². The molecule has 6 heteroatoms. The normalized spacial score (nSPS) is 23.9. The molecular weight excluding hydrogens is 324 g/mol. The van der Waals surface area contributed by atoms with Gasteiger partial charge in [0, 0.05) is 25.8 Å². The van der Waals surface area contributed by atoms with Crippen LogP contribution in [-0.2, 0) is 20.2 Å². The number of para-hydroxylation sites is 1. The van der Waals surface area contributed by atoms with Crippen molar-refractivity contribution >= 4 is 21.6 Å². The molecule has 2 aromatic carbocycles. The Morgan fingerprint density at radius 3 is 2.42 bits per heavy atom. The van der Waals surface area contributed by atoms with Crippen LogP contribution in [0.1, 0.15) is 12.0 Å². The standard InChI is InChI=1S/C18H18N2O3S/c1-19-16-10-6-5-9-15(16)18(17(19)21)11-12-20(13-18)24(22,23)14-7-3-2-4-8-14/h2-10H,11-13H2,1H3/t18-/m1/s1. The van der Waals surface area contributed by atoms with Crippen molar-refractivity contribution in [1.29, 1.82) is 0 Å². The van der Waals surface area contributed by atoms with Crippen molar-refractivity contribution < 1.29 is 13.2 Å². The predicted molar refractivity (Wildman–Crippen MR) is 91.3 cm³/mol. The largest absolute Gasteiger partial charge is 0.314 e. The first-order chi connectivity index (χ1) is 11.5. The summed E-state index contributed by atoms with van der Waals surface area (Å²) in [6.07, 6.45) is 0.513. The highest BCUT2D eigenvalue weighted by atomic mass is 32.2. The first kappa shape index (κ1) is 15.4. The van der Waals surface area contributed by atoms with Crippen LogP contribution in [0, 0.1) is 0 Å². The minimum absolute atomic E-state index is 0.0190. The van der Waals surface area contributed by atoms with E-state index in [9.17, 15) is 13.2 Å². The highest BCUT2D eigenvalue weighted by Gasteiger charge is 2.55. The minimum atomic E-state index is -3.58. The Morgan fingerprint density at radius 1 is 1.00 bits per heavy atom. The van der Waals surface area contributed by atoms with Crippen LogP contribution >= 0.6 is 0 Å². The van der Waals surface area contributed by atoms with Gasteiger partial charge in [-0.05, 0) is 30.2 Å². The van der Waals surface area contributed by atoms with E-state index in [0.29, 0.717) is 13.0 Å². The molecule has 2 aliphatic rings. The molecule has 0 saturated carbocycles. The highest BCUT2D eigenvalue weighted by Crippen LogP contribution is 2.47. The van der Waals surface area contributed by atoms with Gasteiger partial charge in [0.1, 0.15) is 0 Å². The molecular formula is C18H18N2O3S. The summed E-state index contributed by atoms with van der Waals surface area (Å²) in [6, 6.07) is 16.1. The lowest BCUT2D eigenvalue weighted by molar-refractivity contribution is -0.122. The van der Waals surface area contributed by atoms with Gasteiger partial charge in [-0.15, -0.1) is 0 Å². The zero-order chi connectivity index (χ0) is 16.9. The lowest BCUT2D eigenvalue weighted by Crippen LogP contribution is -2.42. The number of nitrogens with zero attached hydrogens (tertiary/aromatic N) is 2. The Hall–Kier alpha value is -2.18. The number of benzene rings is 2. The van der Waals surface area contributed by atoms with Crippen molar-refractivity contribution in [3.05, 3.63) is 60.2 Å². The fourth-order valence-corrected chi connectivity index (χ4v) is 5.35. The smallest absolute Gasteiger partial charge is 0.243 e. The zero-order valence-electron chi connectivity index (χ0n) is 13.3. The summed E-state index contributed by atoms with van der Waals surface area (Å²) in [7, 11) is -1.83. The van der Waals surface area contributed by atoms with Crippen molar-refractivity contribution in [2.24, 2.45) is 0 Å². The second kappa shape index (κ2) is 5.16. The molecule has 2 heterocycles. The molecule has 2 aromatic rings. The number of hydrogen-bond acceptors (Lipinski definition) is 3. The van der Waals surface area contributed by atoms with Crippen LogP contribution in [0.2, 0.25) is 0 Å². The third-order valence-electron chi connectivity index (χ3n) is 5.11. The lowest BCUT2D eigenvalue weighted by atomic mass is 9.81. The second-order valence-corrected chi connectivity index (χ2v) is 8.30. The van der Waals surface area contributed by atoms with Crippen molar-refractivity contribution in [2.45, 2.75) is 16.7 Å². The number of sulfonamides is 1. The molecule has 0 radical (unpaired) electrons. The van der Waals surface area contributed by atoms with E-state index in [1.807, 2.05) is 24.3 Å². The topological polar surface area (TPSA) is 57.7 Å². The summed E-state index contributed by atoms with van der Waals surface area (Å²) in [5.74, 6) is -0.0190. The molecule has 2 aliphatic heterocycles. The van der Waals surface area contributed by atoms with E-state index in [4.69, 9.17) is 0 Å². The Morgan fingerprint density at radius 2 is 1.67 bits per heavy atom. The Bertz CT molecular complexity index is 911. The summed E-state index contributed by atoms with van der Waals surface area (Å²) in [5, 5.41) is 0. The minimum Gasteiger partial charge on any atom is -0.314 e. The highest BCUT2D eigenvalue weighted by molar-refractivity contribution is 7.89. The first-order valence-electron chi connectivity index (χ1n) is 7.90. The van der Waals surface area contributed by atoms with Gasteiger partial charge in [-0.2, -0.15) is 4.31 Å². The molecule has 0 aromatic heterocycles. The fraction of sp³-hybridized carbons (Fsp3) is 0.278. The number of amides is 1. The van der Waals surface area contributed by atoms with Crippen LogP contribution in [0.3, 0.4) is 0 Å². The summed E-state index contributed by atoms with van der Waals surface area (Å²) < 4.78 is 27.2. The maximum Gasteiger partial charge on any atom is 0.243 e. The van der Waals surface area contributed by atoms with Gasteiger partial charge in [0.05, 0.1) is 10.3 Å². The molecule has 124 valence electrons. The Kier molecular flexibility index (Phi) is 3.30. The van der Waals surface area contributed by atoms with E-state index in [2.05, 4.69) is 0 Å². The van der Waals surface area contributed by atoms with Crippen molar-refractivity contribution in [3.8, 4) is 0 Å². The van der Waals surface area contributed by atoms with Gasteiger partial charge in [0.15, 0.2) is 0 Å². The van der Waals surface area contributed by atoms with Gasteiger partial charge in [-0.3, -0.25) is 4.79 Å². The van der Waals surface area contributed by atoms with Crippen LogP contribution in [0.15, 0.2) is 59.5 Å². The van der Waals surface area contributed by atoms with Crippen molar-refractivity contribution in [2.75, 3.05) is 25.0 Å². The average molecular weight is 342 g/mol. The van der Waals surface area contributed by atoms with E-state index >= 15 is 0 Å². The molecule has 0 bridgehead atoms. The van der Waals surface area contributed by atoms with Gasteiger partial charge >= 0.3 is 0 Å². The van der Waals surface area contributed by atoms with Crippen molar-refractivity contribution in [3.63, 3.8) is 0 Å². The number of hydrogen-bond donors (Lipinski definition) is 0. The predicted octanol–water partition coefficient (Wildman–Crippen LogP) is 2.00. The zero-order valence-corrected chi connectivity index (χ0v) is 14.2. The molecule has 24 heavy (non-hydrogen) atoms. The molecule has 0 unspecified atom stereocenters. The monoisotopic (exact) mass is 342 g/mol. The Labute approximate surface area is 141 Å². The Balaban J connectivity index is 1.74.